The maximum atomic E-state index is 12.0. The number of nitrogens with two attached hydrogens (primary N) is 1. The lowest BCUT2D eigenvalue weighted by Gasteiger charge is -2.15. The van der Waals surface area contributed by atoms with E-state index in [9.17, 15) is 4.79 Å². The summed E-state index contributed by atoms with van der Waals surface area (Å²) in [5, 5.41) is 8.34. The molecule has 0 spiro atoms. The highest BCUT2D eigenvalue weighted by molar-refractivity contribution is 5.95. The minimum atomic E-state index is -0.222. The third kappa shape index (κ3) is 3.74. The molecule has 3 N–H and O–H groups in total. The van der Waals surface area contributed by atoms with Crippen molar-refractivity contribution in [3.63, 3.8) is 0 Å². The zero-order valence-electron chi connectivity index (χ0n) is 12.8. The van der Waals surface area contributed by atoms with Crippen LogP contribution in [0.2, 0.25) is 0 Å². The smallest absolute Gasteiger partial charge is 0.228 e. The minimum absolute atomic E-state index is 0. The lowest BCUT2D eigenvalue weighted by Crippen LogP contribution is -2.34. The number of aromatic nitrogens is 2. The molecular formula is C15H23ClN4O. The van der Waals surface area contributed by atoms with E-state index in [-0.39, 0.29) is 36.3 Å². The number of amides is 1. The third-order valence-corrected chi connectivity index (χ3v) is 3.56. The van der Waals surface area contributed by atoms with Crippen molar-refractivity contribution in [2.24, 2.45) is 11.7 Å². The second-order valence-electron chi connectivity index (χ2n) is 5.59. The highest BCUT2D eigenvalue weighted by Crippen LogP contribution is 2.22. The molecule has 0 aliphatic carbocycles. The van der Waals surface area contributed by atoms with Gasteiger partial charge in [-0.2, -0.15) is 5.10 Å². The van der Waals surface area contributed by atoms with Gasteiger partial charge in [-0.25, -0.2) is 0 Å². The average molecular weight is 311 g/mol. The van der Waals surface area contributed by atoms with Crippen LogP contribution in [0.1, 0.15) is 33.7 Å². The normalized spacial score (nSPS) is 13.8. The molecule has 0 saturated heterocycles. The van der Waals surface area contributed by atoms with Gasteiger partial charge in [0, 0.05) is 23.2 Å². The van der Waals surface area contributed by atoms with Crippen LogP contribution < -0.4 is 11.1 Å². The van der Waals surface area contributed by atoms with E-state index in [4.69, 9.17) is 5.73 Å². The number of rotatable bonds is 4. The number of benzene rings is 1. The second-order valence-corrected chi connectivity index (χ2v) is 5.59. The van der Waals surface area contributed by atoms with Crippen molar-refractivity contribution in [1.29, 1.82) is 0 Å². The zero-order valence-corrected chi connectivity index (χ0v) is 13.6. The molecule has 0 fully saturated rings. The molecule has 2 unspecified atom stereocenters. The summed E-state index contributed by atoms with van der Waals surface area (Å²) in [4.78, 5) is 12.0. The molecule has 1 aromatic heterocycles. The largest absolute Gasteiger partial charge is 0.327 e. The summed E-state index contributed by atoms with van der Waals surface area (Å²) in [7, 11) is 0. The van der Waals surface area contributed by atoms with Crippen molar-refractivity contribution >= 4 is 34.9 Å². The maximum Gasteiger partial charge on any atom is 0.228 e. The number of anilines is 1. The highest BCUT2D eigenvalue weighted by atomic mass is 35.5. The maximum absolute atomic E-state index is 12.0. The van der Waals surface area contributed by atoms with E-state index in [0.29, 0.717) is 0 Å². The first-order valence-corrected chi connectivity index (χ1v) is 6.94. The molecular weight excluding hydrogens is 288 g/mol. The van der Waals surface area contributed by atoms with Gasteiger partial charge in [0.15, 0.2) is 0 Å². The fourth-order valence-corrected chi connectivity index (χ4v) is 2.02. The topological polar surface area (TPSA) is 72.9 Å². The van der Waals surface area contributed by atoms with Crippen LogP contribution in [0.3, 0.4) is 0 Å². The SMILES string of the molecule is CC(N)C(C)C(=O)Nc1ccc2cnn(C(C)C)c2c1.Cl. The summed E-state index contributed by atoms with van der Waals surface area (Å²) in [6.45, 7) is 7.82. The summed E-state index contributed by atoms with van der Waals surface area (Å²) in [6.07, 6.45) is 1.84. The number of hydrogen-bond acceptors (Lipinski definition) is 3. The number of nitrogens with one attached hydrogen (secondary N) is 1. The molecule has 2 rings (SSSR count). The third-order valence-electron chi connectivity index (χ3n) is 3.56. The first kappa shape index (κ1) is 17.5. The Bertz CT molecular complexity index is 621. The Morgan fingerprint density at radius 1 is 1.29 bits per heavy atom. The quantitative estimate of drug-likeness (QED) is 0.912. The predicted octanol–water partition coefficient (Wildman–Crippen LogP) is 2.96. The van der Waals surface area contributed by atoms with Gasteiger partial charge < -0.3 is 11.1 Å². The average Bonchev–Trinajstić information content (AvgIpc) is 2.80. The van der Waals surface area contributed by atoms with E-state index in [1.165, 1.54) is 0 Å². The number of nitrogens with zero attached hydrogens (tertiary/aromatic N) is 2. The number of halogens is 1. The zero-order chi connectivity index (χ0) is 14.9. The molecule has 0 aliphatic rings. The van der Waals surface area contributed by atoms with E-state index in [1.807, 2.05) is 42.9 Å². The lowest BCUT2D eigenvalue weighted by molar-refractivity contribution is -0.119. The number of fused-ring (bicyclic) bond motifs is 1. The Kier molecular flexibility index (Phi) is 5.75. The van der Waals surface area contributed by atoms with Crippen LogP contribution in [-0.2, 0) is 4.79 Å². The van der Waals surface area contributed by atoms with Crippen LogP contribution in [0.4, 0.5) is 5.69 Å². The van der Waals surface area contributed by atoms with Gasteiger partial charge in [0.25, 0.3) is 0 Å². The molecule has 0 bridgehead atoms. The Morgan fingerprint density at radius 3 is 2.52 bits per heavy atom. The van der Waals surface area contributed by atoms with Crippen molar-refractivity contribution in [1.82, 2.24) is 9.78 Å². The van der Waals surface area contributed by atoms with E-state index in [0.717, 1.165) is 16.6 Å². The molecule has 1 amide bonds. The Morgan fingerprint density at radius 2 is 1.95 bits per heavy atom. The van der Waals surface area contributed by atoms with E-state index in [2.05, 4.69) is 24.3 Å². The standard InChI is InChI=1S/C15H22N4O.ClH/c1-9(2)19-14-7-13(6-5-12(14)8-17-19)18-15(20)10(3)11(4)16;/h5-11H,16H2,1-4H3,(H,18,20);1H. The molecule has 6 heteroatoms. The van der Waals surface area contributed by atoms with E-state index in [1.54, 1.807) is 0 Å². The fraction of sp³-hybridized carbons (Fsp3) is 0.467. The summed E-state index contributed by atoms with van der Waals surface area (Å²) in [5.41, 5.74) is 7.55. The van der Waals surface area contributed by atoms with Gasteiger partial charge in [0.1, 0.15) is 0 Å². The van der Waals surface area contributed by atoms with Gasteiger partial charge in [0.05, 0.1) is 17.6 Å². The number of carbonyl (C=O) groups is 1. The Labute approximate surface area is 131 Å². The van der Waals surface area contributed by atoms with Crippen LogP contribution in [-0.4, -0.2) is 21.7 Å². The molecule has 5 nitrogen and oxygen atoms in total. The fourth-order valence-electron chi connectivity index (χ4n) is 2.02. The minimum Gasteiger partial charge on any atom is -0.327 e. The molecule has 116 valence electrons. The lowest BCUT2D eigenvalue weighted by atomic mass is 10.0. The van der Waals surface area contributed by atoms with Crippen molar-refractivity contribution in [2.45, 2.75) is 39.8 Å². The van der Waals surface area contributed by atoms with Gasteiger partial charge in [-0.05, 0) is 39.0 Å². The molecule has 0 saturated carbocycles. The van der Waals surface area contributed by atoms with Crippen molar-refractivity contribution in [2.75, 3.05) is 5.32 Å². The second kappa shape index (κ2) is 6.91. The van der Waals surface area contributed by atoms with Gasteiger partial charge in [-0.15, -0.1) is 12.4 Å². The van der Waals surface area contributed by atoms with Gasteiger partial charge in [-0.3, -0.25) is 9.48 Å². The van der Waals surface area contributed by atoms with Crippen LogP contribution >= 0.6 is 12.4 Å². The van der Waals surface area contributed by atoms with Gasteiger partial charge >= 0.3 is 0 Å². The van der Waals surface area contributed by atoms with Crippen LogP contribution in [0.25, 0.3) is 10.9 Å². The molecule has 2 atom stereocenters. The van der Waals surface area contributed by atoms with Crippen LogP contribution in [0, 0.1) is 5.92 Å². The van der Waals surface area contributed by atoms with Crippen molar-refractivity contribution in [3.8, 4) is 0 Å². The summed E-state index contributed by atoms with van der Waals surface area (Å²) >= 11 is 0. The van der Waals surface area contributed by atoms with Gasteiger partial charge in [-0.1, -0.05) is 6.92 Å². The molecule has 21 heavy (non-hydrogen) atoms. The first-order chi connectivity index (χ1) is 9.40. The van der Waals surface area contributed by atoms with E-state index < -0.39 is 0 Å². The Hall–Kier alpha value is -1.59. The summed E-state index contributed by atoms with van der Waals surface area (Å²) in [6, 6.07) is 5.92. The van der Waals surface area contributed by atoms with Crippen LogP contribution in [0.5, 0.6) is 0 Å². The van der Waals surface area contributed by atoms with Gasteiger partial charge in [0.2, 0.25) is 5.91 Å². The number of hydrogen-bond donors (Lipinski definition) is 2. The van der Waals surface area contributed by atoms with Crippen molar-refractivity contribution < 1.29 is 4.79 Å². The molecule has 1 aromatic carbocycles. The molecule has 2 aromatic rings. The van der Waals surface area contributed by atoms with Crippen LogP contribution in [0.15, 0.2) is 24.4 Å². The first-order valence-electron chi connectivity index (χ1n) is 6.94. The summed E-state index contributed by atoms with van der Waals surface area (Å²) in [5.74, 6) is -0.282. The molecule has 0 radical (unpaired) electrons. The monoisotopic (exact) mass is 310 g/mol. The predicted molar refractivity (Wildman–Crippen MR) is 88.8 cm³/mol. The van der Waals surface area contributed by atoms with E-state index >= 15 is 0 Å². The molecule has 1 heterocycles. The van der Waals surface area contributed by atoms with Crippen molar-refractivity contribution in [3.05, 3.63) is 24.4 Å². The number of carbonyl (C=O) groups excluding carboxylic acids is 1. The summed E-state index contributed by atoms with van der Waals surface area (Å²) < 4.78 is 1.94. The molecule has 0 aliphatic heterocycles. The highest BCUT2D eigenvalue weighted by Gasteiger charge is 2.17. The Balaban J connectivity index is 0.00000220.